The lowest BCUT2D eigenvalue weighted by atomic mass is 10.1. The van der Waals surface area contributed by atoms with Gasteiger partial charge < -0.3 is 5.11 Å². The van der Waals surface area contributed by atoms with Crippen LogP contribution in [0.2, 0.25) is 0 Å². The minimum Gasteiger partial charge on any atom is -0.386 e. The number of aliphatic hydroxyl groups is 1. The summed E-state index contributed by atoms with van der Waals surface area (Å²) >= 11 is 0. The highest BCUT2D eigenvalue weighted by atomic mass is 19.1. The number of aliphatic hydroxyl groups excluding tert-OH is 1. The number of rotatable bonds is 6. The Kier molecular flexibility index (Phi) is 5.65. The molecule has 0 aliphatic carbocycles. The van der Waals surface area contributed by atoms with E-state index in [9.17, 15) is 9.50 Å². The summed E-state index contributed by atoms with van der Waals surface area (Å²) in [5, 5.41) is 15.2. The largest absolute Gasteiger partial charge is 0.386 e. The van der Waals surface area contributed by atoms with Gasteiger partial charge in [-0.25, -0.2) is 4.39 Å². The summed E-state index contributed by atoms with van der Waals surface area (Å²) in [6.07, 6.45) is 4.10. The fourth-order valence-electron chi connectivity index (χ4n) is 3.52. The molecule has 28 heavy (non-hydrogen) atoms. The van der Waals surface area contributed by atoms with Crippen LogP contribution in [0.25, 0.3) is 6.08 Å². The number of hydrogen-bond donors (Lipinski definition) is 1. The Labute approximate surface area is 164 Å². The van der Waals surface area contributed by atoms with Crippen molar-refractivity contribution in [3.63, 3.8) is 0 Å². The predicted octanol–water partition coefficient (Wildman–Crippen LogP) is 3.83. The van der Waals surface area contributed by atoms with Crippen LogP contribution >= 0.6 is 0 Å². The summed E-state index contributed by atoms with van der Waals surface area (Å²) in [6.45, 7) is 3.36. The monoisotopic (exact) mass is 377 g/mol. The summed E-state index contributed by atoms with van der Waals surface area (Å²) < 4.78 is 15.0. The zero-order chi connectivity index (χ0) is 19.3. The summed E-state index contributed by atoms with van der Waals surface area (Å²) in [7, 11) is 0. The molecule has 0 unspecified atom stereocenters. The van der Waals surface area contributed by atoms with Crippen molar-refractivity contribution in [1.29, 1.82) is 0 Å². The molecule has 0 spiro atoms. The maximum Gasteiger partial charge on any atom is 0.123 e. The van der Waals surface area contributed by atoms with E-state index in [0.717, 1.165) is 48.7 Å². The van der Waals surface area contributed by atoms with Crippen LogP contribution in [-0.2, 0) is 19.5 Å². The lowest BCUT2D eigenvalue weighted by Crippen LogP contribution is -2.33. The maximum atomic E-state index is 13.0. The molecule has 0 fully saturated rings. The SMILES string of the molecule is O[C@@H](Cc1ccccc1)c1cc2n(n1)CCN(C/C=C/c1ccc(F)cc1)C2. The van der Waals surface area contributed by atoms with Crippen molar-refractivity contribution < 1.29 is 9.50 Å². The highest BCUT2D eigenvalue weighted by Crippen LogP contribution is 2.21. The van der Waals surface area contributed by atoms with Gasteiger partial charge in [-0.3, -0.25) is 9.58 Å². The second-order valence-corrected chi connectivity index (χ2v) is 7.18. The Bertz CT molecular complexity index is 934. The van der Waals surface area contributed by atoms with Gasteiger partial charge in [0.1, 0.15) is 11.9 Å². The second-order valence-electron chi connectivity index (χ2n) is 7.18. The first-order chi connectivity index (χ1) is 13.7. The molecule has 0 saturated carbocycles. The molecule has 5 heteroatoms. The van der Waals surface area contributed by atoms with Gasteiger partial charge in [-0.15, -0.1) is 0 Å². The van der Waals surface area contributed by atoms with Crippen LogP contribution in [0.4, 0.5) is 4.39 Å². The van der Waals surface area contributed by atoms with E-state index in [-0.39, 0.29) is 5.82 Å². The Morgan fingerprint density at radius 2 is 1.86 bits per heavy atom. The van der Waals surface area contributed by atoms with Crippen LogP contribution in [-0.4, -0.2) is 32.9 Å². The zero-order valence-electron chi connectivity index (χ0n) is 15.7. The van der Waals surface area contributed by atoms with E-state index >= 15 is 0 Å². The molecule has 4 nitrogen and oxygen atoms in total. The number of hydrogen-bond acceptors (Lipinski definition) is 3. The van der Waals surface area contributed by atoms with Crippen molar-refractivity contribution >= 4 is 6.08 Å². The number of nitrogens with zero attached hydrogens (tertiary/aromatic N) is 3. The lowest BCUT2D eigenvalue weighted by molar-refractivity contribution is 0.171. The molecule has 1 aromatic heterocycles. The molecule has 1 atom stereocenters. The van der Waals surface area contributed by atoms with Crippen molar-refractivity contribution in [1.82, 2.24) is 14.7 Å². The average molecular weight is 377 g/mol. The fraction of sp³-hybridized carbons (Fsp3) is 0.261. The van der Waals surface area contributed by atoms with Gasteiger partial charge in [-0.05, 0) is 29.3 Å². The van der Waals surface area contributed by atoms with E-state index in [1.165, 1.54) is 12.1 Å². The average Bonchev–Trinajstić information content (AvgIpc) is 3.14. The van der Waals surface area contributed by atoms with Crippen LogP contribution in [0, 0.1) is 5.82 Å². The van der Waals surface area contributed by atoms with Gasteiger partial charge in [0.25, 0.3) is 0 Å². The van der Waals surface area contributed by atoms with Gasteiger partial charge in [0.05, 0.1) is 17.9 Å². The highest BCUT2D eigenvalue weighted by molar-refractivity contribution is 5.49. The normalized spacial score (nSPS) is 15.6. The highest BCUT2D eigenvalue weighted by Gasteiger charge is 2.20. The zero-order valence-corrected chi connectivity index (χ0v) is 15.7. The molecule has 1 N–H and O–H groups in total. The molecular weight excluding hydrogens is 353 g/mol. The van der Waals surface area contributed by atoms with E-state index in [0.29, 0.717) is 6.42 Å². The molecule has 4 rings (SSSR count). The van der Waals surface area contributed by atoms with E-state index in [4.69, 9.17) is 0 Å². The van der Waals surface area contributed by atoms with Gasteiger partial charge in [0, 0.05) is 26.1 Å². The molecule has 2 heterocycles. The minimum atomic E-state index is -0.590. The van der Waals surface area contributed by atoms with E-state index < -0.39 is 6.10 Å². The first-order valence-corrected chi connectivity index (χ1v) is 9.60. The number of fused-ring (bicyclic) bond motifs is 1. The van der Waals surface area contributed by atoms with E-state index in [2.05, 4.69) is 16.1 Å². The number of halogens is 1. The van der Waals surface area contributed by atoms with Gasteiger partial charge in [-0.1, -0.05) is 54.6 Å². The number of benzene rings is 2. The molecule has 0 saturated heterocycles. The standard InChI is InChI=1S/C23H24FN3O/c24-20-10-8-18(9-11-20)7-4-12-26-13-14-27-21(17-26)16-22(25-27)23(28)15-19-5-2-1-3-6-19/h1-11,16,23,28H,12-15,17H2/b7-4+/t23-/m0/s1. The Hall–Kier alpha value is -2.76. The first kappa shape index (κ1) is 18.6. The fourth-order valence-corrected chi connectivity index (χ4v) is 3.52. The molecule has 1 aliphatic rings. The molecule has 2 aromatic carbocycles. The summed E-state index contributed by atoms with van der Waals surface area (Å²) in [5.74, 6) is -0.216. The minimum absolute atomic E-state index is 0.216. The van der Waals surface area contributed by atoms with Crippen molar-refractivity contribution in [3.8, 4) is 0 Å². The summed E-state index contributed by atoms with van der Waals surface area (Å²) in [5.41, 5.74) is 3.97. The van der Waals surface area contributed by atoms with Crippen LogP contribution in [0.3, 0.4) is 0 Å². The summed E-state index contributed by atoms with van der Waals surface area (Å²) in [6, 6.07) is 18.5. The quantitative estimate of drug-likeness (QED) is 0.710. The molecule has 1 aliphatic heterocycles. The Morgan fingerprint density at radius 3 is 2.64 bits per heavy atom. The van der Waals surface area contributed by atoms with E-state index in [1.807, 2.05) is 47.2 Å². The van der Waals surface area contributed by atoms with Gasteiger partial charge in [0.15, 0.2) is 0 Å². The van der Waals surface area contributed by atoms with Crippen molar-refractivity contribution in [3.05, 3.63) is 95.1 Å². The van der Waals surface area contributed by atoms with Crippen LogP contribution < -0.4 is 0 Å². The summed E-state index contributed by atoms with van der Waals surface area (Å²) in [4.78, 5) is 2.34. The van der Waals surface area contributed by atoms with Crippen LogP contribution in [0.15, 0.2) is 66.7 Å². The smallest absolute Gasteiger partial charge is 0.123 e. The predicted molar refractivity (Wildman–Crippen MR) is 108 cm³/mol. The van der Waals surface area contributed by atoms with Crippen LogP contribution in [0.1, 0.15) is 28.6 Å². The number of aromatic nitrogens is 2. The van der Waals surface area contributed by atoms with Crippen LogP contribution in [0.5, 0.6) is 0 Å². The molecule has 0 amide bonds. The molecule has 0 bridgehead atoms. The first-order valence-electron chi connectivity index (χ1n) is 9.60. The van der Waals surface area contributed by atoms with Crippen molar-refractivity contribution in [2.45, 2.75) is 25.6 Å². The molecular formula is C23H24FN3O. The maximum absolute atomic E-state index is 13.0. The van der Waals surface area contributed by atoms with Crippen molar-refractivity contribution in [2.75, 3.05) is 13.1 Å². The second kappa shape index (κ2) is 8.50. The lowest BCUT2D eigenvalue weighted by Gasteiger charge is -2.26. The topological polar surface area (TPSA) is 41.3 Å². The van der Waals surface area contributed by atoms with Crippen molar-refractivity contribution in [2.24, 2.45) is 0 Å². The molecule has 144 valence electrons. The Morgan fingerprint density at radius 1 is 1.07 bits per heavy atom. The third-order valence-electron chi connectivity index (χ3n) is 5.05. The third-order valence-corrected chi connectivity index (χ3v) is 5.05. The molecule has 0 radical (unpaired) electrons. The Balaban J connectivity index is 1.35. The van der Waals surface area contributed by atoms with Gasteiger partial charge >= 0.3 is 0 Å². The third kappa shape index (κ3) is 4.55. The van der Waals surface area contributed by atoms with Gasteiger partial charge in [-0.2, -0.15) is 5.10 Å². The molecule has 3 aromatic rings. The van der Waals surface area contributed by atoms with E-state index in [1.54, 1.807) is 12.1 Å². The van der Waals surface area contributed by atoms with Gasteiger partial charge in [0.2, 0.25) is 0 Å².